The molecule has 40 heavy (non-hydrogen) atoms. The number of fused-ring (bicyclic) bond motifs is 1. The Hall–Kier alpha value is -4.93. The van der Waals surface area contributed by atoms with E-state index >= 15 is 0 Å². The fourth-order valence-electron chi connectivity index (χ4n) is 3.93. The molecule has 0 aliphatic rings. The molecule has 3 aromatic heterocycles. The lowest BCUT2D eigenvalue weighted by Gasteiger charge is -2.14. The van der Waals surface area contributed by atoms with Crippen molar-refractivity contribution in [3.05, 3.63) is 78.7 Å². The number of carbonyl (C=O) groups is 1. The van der Waals surface area contributed by atoms with Crippen LogP contribution in [0.2, 0.25) is 0 Å². The summed E-state index contributed by atoms with van der Waals surface area (Å²) < 4.78 is 27.7. The van der Waals surface area contributed by atoms with Gasteiger partial charge in [-0.2, -0.15) is 5.10 Å². The Morgan fingerprint density at radius 1 is 1.00 bits per heavy atom. The monoisotopic (exact) mass is 543 g/mol. The van der Waals surface area contributed by atoms with E-state index in [4.69, 9.17) is 14.3 Å². The Morgan fingerprint density at radius 2 is 1.80 bits per heavy atom. The zero-order valence-corrected chi connectivity index (χ0v) is 22.8. The molecule has 0 spiro atoms. The summed E-state index contributed by atoms with van der Waals surface area (Å²) in [4.78, 5) is 21.4. The van der Waals surface area contributed by atoms with Crippen LogP contribution >= 0.6 is 0 Å². The van der Waals surface area contributed by atoms with E-state index in [0.717, 1.165) is 5.69 Å². The van der Waals surface area contributed by atoms with Gasteiger partial charge in [-0.15, -0.1) is 0 Å². The van der Waals surface area contributed by atoms with Crippen molar-refractivity contribution in [1.82, 2.24) is 19.7 Å². The van der Waals surface area contributed by atoms with Crippen LogP contribution in [0.25, 0.3) is 16.8 Å². The van der Waals surface area contributed by atoms with E-state index in [2.05, 4.69) is 25.9 Å². The first-order chi connectivity index (χ1) is 19.0. The molecule has 0 atom stereocenters. The molecule has 11 heteroatoms. The molecule has 3 N–H and O–H groups in total. The number of oxazole rings is 1. The summed E-state index contributed by atoms with van der Waals surface area (Å²) >= 11 is 0. The molecule has 0 saturated carbocycles. The molecular weight excluding hydrogens is 513 g/mol. The van der Waals surface area contributed by atoms with Gasteiger partial charge in [0, 0.05) is 35.9 Å². The maximum atomic E-state index is 14.9. The fraction of sp³-hybridized carbons (Fsp3) is 0.241. The number of halogens is 1. The van der Waals surface area contributed by atoms with Crippen molar-refractivity contribution < 1.29 is 18.3 Å². The van der Waals surface area contributed by atoms with Crippen molar-refractivity contribution in [3.8, 4) is 17.2 Å². The van der Waals surface area contributed by atoms with Crippen molar-refractivity contribution in [2.75, 3.05) is 16.0 Å². The van der Waals surface area contributed by atoms with Gasteiger partial charge in [0.2, 0.25) is 0 Å². The number of hydrogen-bond acceptors (Lipinski definition) is 7. The van der Waals surface area contributed by atoms with Gasteiger partial charge >= 0.3 is 6.03 Å². The highest BCUT2D eigenvalue weighted by molar-refractivity contribution is 5.99. The quantitative estimate of drug-likeness (QED) is 0.200. The molecule has 2 amide bonds. The SMILES string of the molecule is CC(C)Nc1cc(Oc2ccc(NC(=O)Nc3cc(C(C)(C)C)nn3-c3ccc4ocnc4c3)c(F)c2)ccn1. The first-order valence-electron chi connectivity index (χ1n) is 12.8. The molecule has 3 heterocycles. The van der Waals surface area contributed by atoms with Gasteiger partial charge in [0.05, 0.1) is 17.1 Å². The summed E-state index contributed by atoms with van der Waals surface area (Å²) in [5.41, 5.74) is 2.45. The predicted octanol–water partition coefficient (Wildman–Crippen LogP) is 7.10. The van der Waals surface area contributed by atoms with E-state index in [1.165, 1.54) is 18.5 Å². The van der Waals surface area contributed by atoms with Crippen molar-refractivity contribution in [1.29, 1.82) is 0 Å². The van der Waals surface area contributed by atoms with Gasteiger partial charge in [-0.3, -0.25) is 5.32 Å². The highest BCUT2D eigenvalue weighted by Gasteiger charge is 2.22. The Balaban J connectivity index is 1.32. The normalized spacial score (nSPS) is 11.6. The van der Waals surface area contributed by atoms with Gasteiger partial charge < -0.3 is 19.8 Å². The molecule has 0 aliphatic heterocycles. The van der Waals surface area contributed by atoms with Gasteiger partial charge in [0.25, 0.3) is 0 Å². The Kier molecular flexibility index (Phi) is 7.12. The lowest BCUT2D eigenvalue weighted by atomic mass is 9.92. The van der Waals surface area contributed by atoms with Gasteiger partial charge in [0.1, 0.15) is 34.5 Å². The molecule has 0 saturated heterocycles. The number of benzene rings is 2. The van der Waals surface area contributed by atoms with Crippen LogP contribution in [0.3, 0.4) is 0 Å². The first kappa shape index (κ1) is 26.7. The van der Waals surface area contributed by atoms with Gasteiger partial charge in [-0.05, 0) is 50.2 Å². The second kappa shape index (κ2) is 10.7. The van der Waals surface area contributed by atoms with E-state index in [9.17, 15) is 9.18 Å². The van der Waals surface area contributed by atoms with Crippen LogP contribution in [0.4, 0.5) is 26.5 Å². The smallest absolute Gasteiger partial charge is 0.324 e. The molecule has 5 rings (SSSR count). The van der Waals surface area contributed by atoms with Crippen molar-refractivity contribution in [2.45, 2.75) is 46.1 Å². The summed E-state index contributed by atoms with van der Waals surface area (Å²) in [5, 5.41) is 13.3. The highest BCUT2D eigenvalue weighted by Crippen LogP contribution is 2.29. The maximum absolute atomic E-state index is 14.9. The van der Waals surface area contributed by atoms with E-state index < -0.39 is 11.8 Å². The summed E-state index contributed by atoms with van der Waals surface area (Å²) in [6.45, 7) is 10.1. The first-order valence-corrected chi connectivity index (χ1v) is 12.8. The third kappa shape index (κ3) is 6.04. The van der Waals surface area contributed by atoms with E-state index in [1.54, 1.807) is 41.2 Å². The predicted molar refractivity (Wildman–Crippen MR) is 152 cm³/mol. The number of nitrogens with zero attached hydrogens (tertiary/aromatic N) is 4. The minimum Gasteiger partial charge on any atom is -0.457 e. The Morgan fingerprint density at radius 3 is 2.55 bits per heavy atom. The highest BCUT2D eigenvalue weighted by atomic mass is 19.1. The minimum absolute atomic E-state index is 0.00660. The van der Waals surface area contributed by atoms with E-state index in [-0.39, 0.29) is 22.9 Å². The zero-order valence-electron chi connectivity index (χ0n) is 22.8. The molecule has 0 bridgehead atoms. The number of hydrogen-bond donors (Lipinski definition) is 3. The van der Waals surface area contributed by atoms with Crippen molar-refractivity contribution >= 4 is 34.5 Å². The summed E-state index contributed by atoms with van der Waals surface area (Å²) in [7, 11) is 0. The second-order valence-electron chi connectivity index (χ2n) is 10.6. The Labute approximate surface area is 230 Å². The second-order valence-corrected chi connectivity index (χ2v) is 10.6. The van der Waals surface area contributed by atoms with Crippen LogP contribution in [0.5, 0.6) is 11.5 Å². The third-order valence-electron chi connectivity index (χ3n) is 5.87. The average molecular weight is 544 g/mol. The number of ether oxygens (including phenoxy) is 1. The molecular formula is C29H30FN7O3. The summed E-state index contributed by atoms with van der Waals surface area (Å²) in [6, 6.07) is 14.4. The third-order valence-corrected chi connectivity index (χ3v) is 5.87. The van der Waals surface area contributed by atoms with Crippen LogP contribution in [-0.2, 0) is 5.41 Å². The number of nitrogens with one attached hydrogen (secondary N) is 3. The van der Waals surface area contributed by atoms with Crippen LogP contribution in [-0.4, -0.2) is 31.8 Å². The molecule has 5 aromatic rings. The number of carbonyl (C=O) groups excluding carboxylic acids is 1. The molecule has 2 aromatic carbocycles. The van der Waals surface area contributed by atoms with Gasteiger partial charge in [0.15, 0.2) is 12.0 Å². The number of anilines is 3. The van der Waals surface area contributed by atoms with E-state index in [1.807, 2.05) is 46.8 Å². The molecule has 0 radical (unpaired) electrons. The zero-order chi connectivity index (χ0) is 28.4. The fourth-order valence-corrected chi connectivity index (χ4v) is 3.93. The largest absolute Gasteiger partial charge is 0.457 e. The number of urea groups is 1. The minimum atomic E-state index is -0.650. The number of aromatic nitrogens is 4. The van der Waals surface area contributed by atoms with E-state index in [0.29, 0.717) is 34.2 Å². The topological polar surface area (TPSA) is 119 Å². The summed E-state index contributed by atoms with van der Waals surface area (Å²) in [6.07, 6.45) is 2.98. The van der Waals surface area contributed by atoms with Crippen molar-refractivity contribution in [2.24, 2.45) is 0 Å². The van der Waals surface area contributed by atoms with Crippen LogP contribution < -0.4 is 20.7 Å². The standard InChI is InChI=1S/C29H30FN7O3/c1-17(2)33-26-14-20(10-11-31-26)40-19-7-8-22(21(30)13-19)34-28(38)35-27-15-25(29(3,4)5)36-37(27)18-6-9-24-23(12-18)32-16-39-24/h6-17H,1-5H3,(H,31,33)(H2,34,35,38). The number of amides is 2. The summed E-state index contributed by atoms with van der Waals surface area (Å²) in [5.74, 6) is 1.19. The number of rotatable bonds is 7. The van der Waals surface area contributed by atoms with Crippen LogP contribution in [0.1, 0.15) is 40.3 Å². The molecule has 206 valence electrons. The van der Waals surface area contributed by atoms with Gasteiger partial charge in [-0.1, -0.05) is 20.8 Å². The maximum Gasteiger partial charge on any atom is 0.324 e. The Bertz CT molecular complexity index is 1670. The van der Waals surface area contributed by atoms with Crippen LogP contribution in [0.15, 0.2) is 71.6 Å². The molecule has 0 fully saturated rings. The van der Waals surface area contributed by atoms with Crippen molar-refractivity contribution in [3.63, 3.8) is 0 Å². The lowest BCUT2D eigenvalue weighted by molar-refractivity contribution is 0.262. The van der Waals surface area contributed by atoms with Gasteiger partial charge in [-0.25, -0.2) is 23.8 Å². The molecule has 0 unspecified atom stereocenters. The number of pyridine rings is 1. The van der Waals surface area contributed by atoms with Crippen LogP contribution in [0, 0.1) is 5.82 Å². The molecule has 10 nitrogen and oxygen atoms in total. The average Bonchev–Trinajstić information content (AvgIpc) is 3.52. The molecule has 0 aliphatic carbocycles. The lowest BCUT2D eigenvalue weighted by Crippen LogP contribution is -2.22.